The highest BCUT2D eigenvalue weighted by Gasteiger charge is 2.38. The van der Waals surface area contributed by atoms with Crippen molar-refractivity contribution in [3.05, 3.63) is 0 Å². The molecule has 0 amide bonds. The highest BCUT2D eigenvalue weighted by Crippen LogP contribution is 2.24. The van der Waals surface area contributed by atoms with Crippen molar-refractivity contribution in [2.45, 2.75) is 12.6 Å². The number of nitrogens with zero attached hydrogens (tertiary/aromatic N) is 2. The van der Waals surface area contributed by atoms with E-state index >= 15 is 0 Å². The van der Waals surface area contributed by atoms with E-state index in [2.05, 4.69) is 5.10 Å². The van der Waals surface area contributed by atoms with E-state index in [4.69, 9.17) is 0 Å². The zero-order valence-electron chi connectivity index (χ0n) is 4.82. The van der Waals surface area contributed by atoms with Crippen molar-refractivity contribution in [2.24, 2.45) is 5.10 Å². The second-order valence-corrected chi connectivity index (χ2v) is 2.97. The molecule has 0 aromatic heterocycles. The van der Waals surface area contributed by atoms with Gasteiger partial charge < -0.3 is 0 Å². The molecular weight excluding hydrogens is 260 g/mol. The molecular formula is C4H4F3IN2. The van der Waals surface area contributed by atoms with Crippen molar-refractivity contribution in [1.29, 1.82) is 0 Å². The van der Waals surface area contributed by atoms with Gasteiger partial charge in [-0.25, -0.2) is 3.22 Å². The van der Waals surface area contributed by atoms with Gasteiger partial charge in [-0.15, -0.1) is 0 Å². The van der Waals surface area contributed by atoms with Crippen LogP contribution >= 0.6 is 22.9 Å². The lowest BCUT2D eigenvalue weighted by molar-refractivity contribution is -0.0599. The van der Waals surface area contributed by atoms with Crippen LogP contribution in [0.2, 0.25) is 0 Å². The minimum absolute atomic E-state index is 0.00639. The van der Waals surface area contributed by atoms with Gasteiger partial charge in [-0.05, 0) is 0 Å². The van der Waals surface area contributed by atoms with Gasteiger partial charge in [-0.2, -0.15) is 18.3 Å². The Bertz CT molecular complexity index is 164. The van der Waals surface area contributed by atoms with Crippen LogP contribution in [0.3, 0.4) is 0 Å². The Balaban J connectivity index is 2.67. The first-order valence-electron chi connectivity index (χ1n) is 2.58. The average Bonchev–Trinajstić information content (AvgIpc) is 2.11. The molecule has 0 saturated carbocycles. The van der Waals surface area contributed by atoms with E-state index in [0.29, 0.717) is 6.54 Å². The Morgan fingerprint density at radius 2 is 2.10 bits per heavy atom. The SMILES string of the molecule is FC(F)(F)C1=NN(I)CC1. The zero-order chi connectivity index (χ0) is 7.78. The van der Waals surface area contributed by atoms with E-state index < -0.39 is 11.9 Å². The number of hydrazone groups is 1. The van der Waals surface area contributed by atoms with E-state index in [0.717, 1.165) is 0 Å². The molecule has 0 spiro atoms. The normalized spacial score (nSPS) is 19.6. The molecule has 0 atom stereocenters. The van der Waals surface area contributed by atoms with Crippen molar-refractivity contribution in [3.8, 4) is 0 Å². The number of hydrogen-bond donors (Lipinski definition) is 0. The van der Waals surface area contributed by atoms with Crippen LogP contribution in [-0.2, 0) is 0 Å². The maximum Gasteiger partial charge on any atom is 0.431 e. The minimum Gasteiger partial charge on any atom is -0.236 e. The summed E-state index contributed by atoms with van der Waals surface area (Å²) in [6.45, 7) is 0.357. The van der Waals surface area contributed by atoms with Gasteiger partial charge in [0.2, 0.25) is 0 Å². The van der Waals surface area contributed by atoms with Gasteiger partial charge in [-0.1, -0.05) is 0 Å². The molecule has 1 heterocycles. The van der Waals surface area contributed by atoms with E-state index in [-0.39, 0.29) is 6.42 Å². The third kappa shape index (κ3) is 1.74. The molecule has 0 radical (unpaired) electrons. The Morgan fingerprint density at radius 3 is 2.30 bits per heavy atom. The number of halogens is 4. The fourth-order valence-corrected chi connectivity index (χ4v) is 1.13. The van der Waals surface area contributed by atoms with Crippen LogP contribution in [0.15, 0.2) is 5.10 Å². The molecule has 0 saturated heterocycles. The molecule has 58 valence electrons. The van der Waals surface area contributed by atoms with Crippen LogP contribution in [-0.4, -0.2) is 21.7 Å². The maximum absolute atomic E-state index is 11.8. The molecule has 0 aliphatic carbocycles. The Morgan fingerprint density at radius 1 is 1.50 bits per heavy atom. The summed E-state index contributed by atoms with van der Waals surface area (Å²) in [6.07, 6.45) is -4.23. The molecule has 0 N–H and O–H groups in total. The van der Waals surface area contributed by atoms with E-state index in [1.165, 1.54) is 3.22 Å². The van der Waals surface area contributed by atoms with Gasteiger partial charge >= 0.3 is 6.18 Å². The quantitative estimate of drug-likeness (QED) is 0.482. The van der Waals surface area contributed by atoms with Gasteiger partial charge in [0.15, 0.2) is 0 Å². The first kappa shape index (κ1) is 8.09. The van der Waals surface area contributed by atoms with Gasteiger partial charge in [0, 0.05) is 6.42 Å². The van der Waals surface area contributed by atoms with Crippen LogP contribution in [0.4, 0.5) is 13.2 Å². The summed E-state index contributed by atoms with van der Waals surface area (Å²) >= 11 is 1.73. The Kier molecular flexibility index (Phi) is 2.07. The second-order valence-electron chi connectivity index (χ2n) is 1.85. The molecule has 0 fully saturated rings. The predicted molar refractivity (Wildman–Crippen MR) is 38.8 cm³/mol. The molecule has 1 rings (SSSR count). The van der Waals surface area contributed by atoms with Crippen LogP contribution in [0.25, 0.3) is 0 Å². The third-order valence-electron chi connectivity index (χ3n) is 1.09. The van der Waals surface area contributed by atoms with Crippen molar-refractivity contribution >= 4 is 28.6 Å². The number of alkyl halides is 3. The number of hydrogen-bond acceptors (Lipinski definition) is 2. The van der Waals surface area contributed by atoms with Crippen molar-refractivity contribution in [3.63, 3.8) is 0 Å². The van der Waals surface area contributed by atoms with Crippen molar-refractivity contribution in [2.75, 3.05) is 6.54 Å². The zero-order valence-corrected chi connectivity index (χ0v) is 6.98. The maximum atomic E-state index is 11.8. The molecule has 0 bridgehead atoms. The molecule has 0 aromatic carbocycles. The largest absolute Gasteiger partial charge is 0.431 e. The number of rotatable bonds is 0. The molecule has 1 aliphatic heterocycles. The minimum atomic E-state index is -4.24. The second kappa shape index (κ2) is 2.55. The summed E-state index contributed by atoms with van der Waals surface area (Å²) in [4.78, 5) is 0. The topological polar surface area (TPSA) is 15.6 Å². The summed E-state index contributed by atoms with van der Waals surface area (Å²) in [5.74, 6) is 0. The van der Waals surface area contributed by atoms with Gasteiger partial charge in [0.05, 0.1) is 29.4 Å². The van der Waals surface area contributed by atoms with E-state index in [9.17, 15) is 13.2 Å². The summed E-state index contributed by atoms with van der Waals surface area (Å²) in [5, 5.41) is 3.27. The highest BCUT2D eigenvalue weighted by atomic mass is 127. The highest BCUT2D eigenvalue weighted by molar-refractivity contribution is 14.1. The fourth-order valence-electron chi connectivity index (χ4n) is 0.628. The van der Waals surface area contributed by atoms with E-state index in [1.807, 2.05) is 0 Å². The lowest BCUT2D eigenvalue weighted by atomic mass is 10.3. The molecule has 10 heavy (non-hydrogen) atoms. The third-order valence-corrected chi connectivity index (χ3v) is 1.79. The molecule has 6 heteroatoms. The summed E-state index contributed by atoms with van der Waals surface area (Å²) in [7, 11) is 0. The standard InChI is InChI=1S/C4H4F3IN2/c5-4(6,7)3-1-2-10(8)9-3/h1-2H2. The van der Waals surface area contributed by atoms with Crippen molar-refractivity contribution in [1.82, 2.24) is 3.22 Å². The van der Waals surface area contributed by atoms with E-state index in [1.54, 1.807) is 22.9 Å². The molecule has 2 nitrogen and oxygen atoms in total. The summed E-state index contributed by atoms with van der Waals surface area (Å²) in [6, 6.07) is 0. The first-order valence-corrected chi connectivity index (χ1v) is 3.54. The lowest BCUT2D eigenvalue weighted by Crippen LogP contribution is -2.20. The smallest absolute Gasteiger partial charge is 0.236 e. The van der Waals surface area contributed by atoms with Crippen LogP contribution in [0.5, 0.6) is 0 Å². The van der Waals surface area contributed by atoms with Crippen LogP contribution in [0, 0.1) is 0 Å². The predicted octanol–water partition coefficient (Wildman–Crippen LogP) is 1.96. The summed E-state index contributed by atoms with van der Waals surface area (Å²) in [5.41, 5.74) is -0.679. The Hall–Kier alpha value is -0.0100. The molecule has 0 aromatic rings. The van der Waals surface area contributed by atoms with Gasteiger partial charge in [0.25, 0.3) is 0 Å². The average molecular weight is 264 g/mol. The lowest BCUT2D eigenvalue weighted by Gasteiger charge is -2.02. The first-order chi connectivity index (χ1) is 4.50. The molecule has 0 unspecified atom stereocenters. The van der Waals surface area contributed by atoms with Crippen LogP contribution < -0.4 is 0 Å². The van der Waals surface area contributed by atoms with Crippen LogP contribution in [0.1, 0.15) is 6.42 Å². The summed E-state index contributed by atoms with van der Waals surface area (Å²) < 4.78 is 36.6. The molecule has 1 aliphatic rings. The monoisotopic (exact) mass is 264 g/mol. The Labute approximate surface area is 69.6 Å². The fraction of sp³-hybridized carbons (Fsp3) is 0.750. The van der Waals surface area contributed by atoms with Gasteiger partial charge in [-0.3, -0.25) is 0 Å². The van der Waals surface area contributed by atoms with Gasteiger partial charge in [0.1, 0.15) is 5.71 Å². The van der Waals surface area contributed by atoms with Crippen molar-refractivity contribution < 1.29 is 13.2 Å².